The number of aliphatic imine (C=N–C) groups is 1. The number of carbonyl (C=O) groups is 4. The summed E-state index contributed by atoms with van der Waals surface area (Å²) in [6, 6.07) is -3.29. The number of piperidine rings is 1. The molecule has 6 N–H and O–H groups in total. The van der Waals surface area contributed by atoms with Crippen molar-refractivity contribution in [3.63, 3.8) is 0 Å². The Labute approximate surface area is 325 Å². The van der Waals surface area contributed by atoms with Crippen molar-refractivity contribution in [1.29, 1.82) is 5.41 Å². The first-order chi connectivity index (χ1) is 24.9. The summed E-state index contributed by atoms with van der Waals surface area (Å²) in [5.74, 6) is -1.08. The van der Waals surface area contributed by atoms with Gasteiger partial charge in [0.1, 0.15) is 29.7 Å². The average molecular weight is 755 g/mol. The van der Waals surface area contributed by atoms with E-state index >= 15 is 4.79 Å². The van der Waals surface area contributed by atoms with E-state index in [9.17, 15) is 14.4 Å². The zero-order chi connectivity index (χ0) is 40.8. The number of rotatable bonds is 13. The monoisotopic (exact) mass is 755 g/mol. The molecule has 0 aromatic carbocycles. The van der Waals surface area contributed by atoms with Crippen molar-refractivity contribution in [1.82, 2.24) is 25.8 Å². The van der Waals surface area contributed by atoms with Crippen LogP contribution in [-0.4, -0.2) is 100 Å². The van der Waals surface area contributed by atoms with Gasteiger partial charge < -0.3 is 26.6 Å². The molecule has 306 valence electrons. The summed E-state index contributed by atoms with van der Waals surface area (Å²) in [5, 5.41) is 17.6. The first-order valence-electron chi connectivity index (χ1n) is 20.8. The quantitative estimate of drug-likeness (QED) is 0.128. The van der Waals surface area contributed by atoms with E-state index in [1.54, 1.807) is 4.90 Å². The fraction of sp³-hybridized carbons (Fsp3) is 0.857. The average Bonchev–Trinajstić information content (AvgIpc) is 3.26. The molecule has 4 aliphatic rings. The Morgan fingerprint density at radius 2 is 1.52 bits per heavy atom. The Balaban J connectivity index is 1.67. The Morgan fingerprint density at radius 3 is 2.00 bits per heavy atom. The van der Waals surface area contributed by atoms with E-state index in [1.165, 1.54) is 0 Å². The number of fused-ring (bicyclic) bond motifs is 1. The van der Waals surface area contributed by atoms with Gasteiger partial charge >= 0.3 is 0 Å². The number of hydrogen-bond acceptors (Lipinski definition) is 7. The van der Waals surface area contributed by atoms with Crippen molar-refractivity contribution < 1.29 is 19.2 Å². The fourth-order valence-electron chi connectivity index (χ4n) is 10.2. The van der Waals surface area contributed by atoms with Crippen LogP contribution >= 0.6 is 0 Å². The number of nitrogens with two attached hydrogens (primary N) is 1. The minimum absolute atomic E-state index is 0.0494. The van der Waals surface area contributed by atoms with Gasteiger partial charge in [-0.3, -0.25) is 34.5 Å². The molecule has 2 aliphatic carbocycles. The van der Waals surface area contributed by atoms with Crippen molar-refractivity contribution >= 4 is 35.2 Å². The molecule has 12 nitrogen and oxygen atoms in total. The number of nitrogens with one attached hydrogen (secondary N) is 4. The number of carbonyl (C=O) groups excluding carboxylic acids is 4. The zero-order valence-corrected chi connectivity index (χ0v) is 35.9. The summed E-state index contributed by atoms with van der Waals surface area (Å²) in [4.78, 5) is 65.9. The molecule has 12 heteroatoms. The highest BCUT2D eigenvalue weighted by Gasteiger charge is 2.85. The molecule has 4 amide bonds. The highest BCUT2D eigenvalue weighted by Crippen LogP contribution is 2.88. The van der Waals surface area contributed by atoms with Crippen molar-refractivity contribution in [3.05, 3.63) is 0 Å². The third kappa shape index (κ3) is 8.10. The Hall–Kier alpha value is -3.02. The first-order valence-corrected chi connectivity index (χ1v) is 20.8. The van der Waals surface area contributed by atoms with Crippen molar-refractivity contribution in [2.24, 2.45) is 37.8 Å². The third-order valence-electron chi connectivity index (χ3n) is 13.6. The fourth-order valence-corrected chi connectivity index (χ4v) is 10.2. The van der Waals surface area contributed by atoms with Gasteiger partial charge in [-0.2, -0.15) is 0 Å². The third-order valence-corrected chi connectivity index (χ3v) is 13.6. The normalized spacial score (nSPS) is 27.0. The Kier molecular flexibility index (Phi) is 12.8. The number of amidine groups is 1. The summed E-state index contributed by atoms with van der Waals surface area (Å²) in [7, 11) is 0. The van der Waals surface area contributed by atoms with Gasteiger partial charge in [0.15, 0.2) is 0 Å². The van der Waals surface area contributed by atoms with E-state index in [0.29, 0.717) is 37.7 Å². The molecule has 2 saturated carbocycles. The largest absolute Gasteiger partial charge is 0.386 e. The standard InChI is InChI=1S/C42H74N8O4/c1-14-18-27(30(43)35(52)45-25(2)3)46-34(51)29-23-42(40(12,13)41(42)20-17-21-41)24-50(29)37(54)32(39(9,10)11)48-36(53)31(38(6,7)8)47-33(44)28-19-15-16-22-49(28)26(4)5/h25-29,31-32,43H,14-24H2,1-13H3,(H2,44,47)(H,45,52)(H,46,51)(H,48,53)/t27-,28-,29-,31?,32+,42+/m0/s1. The molecule has 0 aromatic rings. The Morgan fingerprint density at radius 1 is 0.889 bits per heavy atom. The molecule has 2 heterocycles. The van der Waals surface area contributed by atoms with E-state index in [2.05, 4.69) is 48.5 Å². The molecule has 2 aliphatic heterocycles. The van der Waals surface area contributed by atoms with Crippen molar-refractivity contribution in [2.45, 2.75) is 190 Å². The molecule has 0 bridgehead atoms. The van der Waals surface area contributed by atoms with Crippen LogP contribution in [0, 0.1) is 32.5 Å². The second-order valence-corrected chi connectivity index (χ2v) is 20.2. The summed E-state index contributed by atoms with van der Waals surface area (Å²) in [5.41, 5.74) is 5.02. The van der Waals surface area contributed by atoms with E-state index < -0.39 is 40.9 Å². The minimum Gasteiger partial charge on any atom is -0.386 e. The molecule has 0 aromatic heterocycles. The van der Waals surface area contributed by atoms with Crippen LogP contribution in [0.3, 0.4) is 0 Å². The number of likely N-dealkylation sites (tertiary alicyclic amines) is 2. The lowest BCUT2D eigenvalue weighted by Crippen LogP contribution is -2.60. The van der Waals surface area contributed by atoms with Crippen LogP contribution in [0.15, 0.2) is 4.99 Å². The maximum atomic E-state index is 15.1. The molecule has 54 heavy (non-hydrogen) atoms. The summed E-state index contributed by atoms with van der Waals surface area (Å²) >= 11 is 0. The minimum atomic E-state index is -0.945. The van der Waals surface area contributed by atoms with Crippen molar-refractivity contribution in [3.8, 4) is 0 Å². The van der Waals surface area contributed by atoms with E-state index in [0.717, 1.165) is 45.1 Å². The van der Waals surface area contributed by atoms with Crippen LogP contribution in [-0.2, 0) is 19.2 Å². The first kappa shape index (κ1) is 43.7. The molecule has 2 spiro atoms. The van der Waals surface area contributed by atoms with Crippen LogP contribution in [0.5, 0.6) is 0 Å². The molecule has 1 unspecified atom stereocenters. The molecule has 6 atom stereocenters. The number of hydrogen-bond donors (Lipinski definition) is 5. The van der Waals surface area contributed by atoms with Gasteiger partial charge in [0, 0.05) is 24.0 Å². The van der Waals surface area contributed by atoms with Gasteiger partial charge in [-0.15, -0.1) is 0 Å². The molecule has 4 fully saturated rings. The van der Waals surface area contributed by atoms with Crippen LogP contribution in [0.1, 0.15) is 148 Å². The SMILES string of the molecule is CCC[C@H](NC(=O)[C@@H]1C[C@@]2(CN1C(=O)[C@@H](NC(=O)C(N=C(N)[C@@H]1CCCCN1C(C)C)C(C)(C)C)C(C)(C)C)C(C)(C)C21CCC1)C(=N)C(=O)NC(C)C. The molecule has 2 saturated heterocycles. The van der Waals surface area contributed by atoms with Crippen LogP contribution in [0.4, 0.5) is 0 Å². The van der Waals surface area contributed by atoms with Gasteiger partial charge in [-0.25, -0.2) is 0 Å². The maximum absolute atomic E-state index is 15.1. The summed E-state index contributed by atoms with van der Waals surface area (Å²) in [6.07, 6.45) is 7.88. The number of nitrogens with zero attached hydrogens (tertiary/aromatic N) is 3. The maximum Gasteiger partial charge on any atom is 0.267 e. The lowest BCUT2D eigenvalue weighted by Gasteiger charge is -2.39. The highest BCUT2D eigenvalue weighted by molar-refractivity contribution is 6.39. The molecule has 4 rings (SSSR count). The predicted octanol–water partition coefficient (Wildman–Crippen LogP) is 5.18. The van der Waals surface area contributed by atoms with Gasteiger partial charge in [-0.05, 0) is 94.4 Å². The van der Waals surface area contributed by atoms with Crippen LogP contribution in [0.2, 0.25) is 0 Å². The van der Waals surface area contributed by atoms with Crippen LogP contribution < -0.4 is 21.7 Å². The van der Waals surface area contributed by atoms with E-state index in [-0.39, 0.29) is 51.8 Å². The molecular weight excluding hydrogens is 681 g/mol. The van der Waals surface area contributed by atoms with E-state index in [1.807, 2.05) is 62.3 Å². The van der Waals surface area contributed by atoms with Gasteiger partial charge in [0.25, 0.3) is 5.91 Å². The van der Waals surface area contributed by atoms with Gasteiger partial charge in [0.05, 0.1) is 12.1 Å². The van der Waals surface area contributed by atoms with Crippen LogP contribution in [0.25, 0.3) is 0 Å². The van der Waals surface area contributed by atoms with Crippen molar-refractivity contribution in [2.75, 3.05) is 13.1 Å². The Bertz CT molecular complexity index is 1470. The van der Waals surface area contributed by atoms with Gasteiger partial charge in [-0.1, -0.05) is 81.6 Å². The zero-order valence-electron chi connectivity index (χ0n) is 35.9. The lowest BCUT2D eigenvalue weighted by molar-refractivity contribution is -0.144. The lowest BCUT2D eigenvalue weighted by atomic mass is 9.73. The second kappa shape index (κ2) is 15.8. The predicted molar refractivity (Wildman–Crippen MR) is 216 cm³/mol. The van der Waals surface area contributed by atoms with Gasteiger partial charge in [0.2, 0.25) is 17.7 Å². The second-order valence-electron chi connectivity index (χ2n) is 20.2. The number of amides is 4. The highest BCUT2D eigenvalue weighted by atomic mass is 16.2. The van der Waals surface area contributed by atoms with E-state index in [4.69, 9.17) is 16.1 Å². The smallest absolute Gasteiger partial charge is 0.267 e. The topological polar surface area (TPSA) is 173 Å². The summed E-state index contributed by atoms with van der Waals surface area (Å²) < 4.78 is 0. The summed E-state index contributed by atoms with van der Waals surface area (Å²) in [6.45, 7) is 27.5. The molecule has 0 radical (unpaired) electrons. The molecular formula is C42H74N8O4.